The van der Waals surface area contributed by atoms with Crippen LogP contribution in [0.4, 0.5) is 0 Å². The second-order valence-electron chi connectivity index (χ2n) is 3.82. The highest BCUT2D eigenvalue weighted by molar-refractivity contribution is 6.42. The van der Waals surface area contributed by atoms with Crippen LogP contribution in [0.5, 0.6) is 0 Å². The molecule has 2 aromatic rings. The first-order valence-corrected chi connectivity index (χ1v) is 5.50. The predicted octanol–water partition coefficient (Wildman–Crippen LogP) is 2.18. The number of para-hydroxylation sites is 1. The molecule has 0 bridgehead atoms. The Kier molecular flexibility index (Phi) is 3.28. The van der Waals surface area contributed by atoms with Gasteiger partial charge < -0.3 is 9.30 Å². The summed E-state index contributed by atoms with van der Waals surface area (Å²) in [6.07, 6.45) is 3.39. The number of ether oxygens (including phenoxy) is 1. The molecule has 4 heteroatoms. The molecule has 0 spiro atoms. The lowest BCUT2D eigenvalue weighted by Crippen LogP contribution is -2.15. The van der Waals surface area contributed by atoms with Gasteiger partial charge in [-0.25, -0.2) is 4.79 Å². The molecule has 0 N–H and O–H groups in total. The van der Waals surface area contributed by atoms with Crippen LogP contribution in [0.1, 0.15) is 10.4 Å². The van der Waals surface area contributed by atoms with Crippen molar-refractivity contribution in [1.29, 1.82) is 0 Å². The van der Waals surface area contributed by atoms with Crippen LogP contribution in [0.25, 0.3) is 10.9 Å². The maximum absolute atomic E-state index is 11.9. The van der Waals surface area contributed by atoms with Crippen molar-refractivity contribution >= 4 is 22.7 Å². The number of rotatable bonds is 4. The minimum atomic E-state index is -0.850. The lowest BCUT2D eigenvalue weighted by Gasteiger charge is -1.98. The van der Waals surface area contributed by atoms with E-state index in [2.05, 4.69) is 11.3 Å². The number of Topliss-reactive ketones (excluding diaryl/α,β-unsaturated/α-hetero) is 1. The Labute approximate surface area is 104 Å². The lowest BCUT2D eigenvalue weighted by atomic mass is 10.1. The van der Waals surface area contributed by atoms with Crippen LogP contribution in [0.2, 0.25) is 0 Å². The average Bonchev–Trinajstić information content (AvgIpc) is 2.77. The maximum atomic E-state index is 11.9. The summed E-state index contributed by atoms with van der Waals surface area (Å²) in [5.74, 6) is -1.48. The molecule has 18 heavy (non-hydrogen) atoms. The number of hydrogen-bond acceptors (Lipinski definition) is 3. The van der Waals surface area contributed by atoms with E-state index in [1.54, 1.807) is 12.3 Å². The van der Waals surface area contributed by atoms with Gasteiger partial charge in [0.2, 0.25) is 0 Å². The zero-order valence-corrected chi connectivity index (χ0v) is 10.1. The Balaban J connectivity index is 2.61. The molecule has 92 valence electrons. The molecule has 0 amide bonds. The third kappa shape index (κ3) is 1.93. The number of nitrogens with zero attached hydrogens (tertiary/aromatic N) is 1. The molecule has 0 saturated carbocycles. The summed E-state index contributed by atoms with van der Waals surface area (Å²) in [5, 5.41) is 0.745. The van der Waals surface area contributed by atoms with Gasteiger partial charge in [0, 0.05) is 23.6 Å². The van der Waals surface area contributed by atoms with Gasteiger partial charge in [-0.1, -0.05) is 24.3 Å². The molecule has 0 aliphatic rings. The fourth-order valence-corrected chi connectivity index (χ4v) is 1.92. The lowest BCUT2D eigenvalue weighted by molar-refractivity contribution is -0.135. The highest BCUT2D eigenvalue weighted by atomic mass is 16.5. The highest BCUT2D eigenvalue weighted by Gasteiger charge is 2.21. The van der Waals surface area contributed by atoms with Crippen LogP contribution in [0.3, 0.4) is 0 Å². The van der Waals surface area contributed by atoms with Gasteiger partial charge in [-0.2, -0.15) is 0 Å². The predicted molar refractivity (Wildman–Crippen MR) is 68.5 cm³/mol. The van der Waals surface area contributed by atoms with E-state index in [4.69, 9.17) is 0 Å². The Morgan fingerprint density at radius 3 is 2.78 bits per heavy atom. The molecule has 2 rings (SSSR count). The normalized spacial score (nSPS) is 10.3. The fourth-order valence-electron chi connectivity index (χ4n) is 1.92. The molecule has 4 nitrogen and oxygen atoms in total. The van der Waals surface area contributed by atoms with E-state index >= 15 is 0 Å². The van der Waals surface area contributed by atoms with Crippen molar-refractivity contribution in [3.05, 3.63) is 48.7 Å². The zero-order valence-electron chi connectivity index (χ0n) is 10.1. The summed E-state index contributed by atoms with van der Waals surface area (Å²) < 4.78 is 6.34. The van der Waals surface area contributed by atoms with E-state index in [0.717, 1.165) is 10.9 Å². The number of hydrogen-bond donors (Lipinski definition) is 0. The second-order valence-corrected chi connectivity index (χ2v) is 3.82. The molecule has 0 unspecified atom stereocenters. The zero-order chi connectivity index (χ0) is 13.1. The fraction of sp³-hybridized carbons (Fsp3) is 0.143. The summed E-state index contributed by atoms with van der Waals surface area (Å²) >= 11 is 0. The number of allylic oxidation sites excluding steroid dienone is 1. The van der Waals surface area contributed by atoms with Gasteiger partial charge >= 0.3 is 5.97 Å². The van der Waals surface area contributed by atoms with Gasteiger partial charge in [0.05, 0.1) is 12.7 Å². The van der Waals surface area contributed by atoms with Gasteiger partial charge in [0.15, 0.2) is 0 Å². The summed E-state index contributed by atoms with van der Waals surface area (Å²) in [6, 6.07) is 7.42. The number of carbonyl (C=O) groups excluding carboxylic acids is 2. The van der Waals surface area contributed by atoms with Crippen molar-refractivity contribution in [3.8, 4) is 0 Å². The van der Waals surface area contributed by atoms with E-state index in [9.17, 15) is 9.59 Å². The average molecular weight is 243 g/mol. The van der Waals surface area contributed by atoms with E-state index in [0.29, 0.717) is 12.1 Å². The number of aromatic nitrogens is 1. The van der Waals surface area contributed by atoms with Gasteiger partial charge in [-0.3, -0.25) is 4.79 Å². The molecule has 1 aromatic heterocycles. The minimum absolute atomic E-state index is 0.360. The van der Waals surface area contributed by atoms with E-state index in [1.807, 2.05) is 28.8 Å². The monoisotopic (exact) mass is 243 g/mol. The van der Waals surface area contributed by atoms with E-state index < -0.39 is 11.8 Å². The summed E-state index contributed by atoms with van der Waals surface area (Å²) in [6.45, 7) is 4.25. The van der Waals surface area contributed by atoms with Crippen LogP contribution in [-0.2, 0) is 16.1 Å². The second kappa shape index (κ2) is 4.87. The first kappa shape index (κ1) is 12.1. The molecular weight excluding hydrogens is 230 g/mol. The molecule has 0 aliphatic carbocycles. The number of ketones is 1. The number of fused-ring (bicyclic) bond motifs is 1. The maximum Gasteiger partial charge on any atom is 0.379 e. The van der Waals surface area contributed by atoms with Gasteiger partial charge in [-0.15, -0.1) is 6.58 Å². The molecular formula is C14H13NO3. The Bertz CT molecular complexity index is 625. The van der Waals surface area contributed by atoms with Crippen molar-refractivity contribution in [1.82, 2.24) is 4.57 Å². The van der Waals surface area contributed by atoms with Crippen molar-refractivity contribution in [2.24, 2.45) is 0 Å². The smallest absolute Gasteiger partial charge is 0.379 e. The molecule has 0 saturated heterocycles. The van der Waals surface area contributed by atoms with Crippen molar-refractivity contribution in [3.63, 3.8) is 0 Å². The third-order valence-electron chi connectivity index (χ3n) is 2.73. The number of esters is 1. The molecule has 1 aromatic carbocycles. The summed E-state index contributed by atoms with van der Waals surface area (Å²) in [4.78, 5) is 23.2. The van der Waals surface area contributed by atoms with Crippen LogP contribution < -0.4 is 0 Å². The molecule has 0 atom stereocenters. The van der Waals surface area contributed by atoms with Crippen molar-refractivity contribution < 1.29 is 14.3 Å². The summed E-state index contributed by atoms with van der Waals surface area (Å²) in [7, 11) is 1.20. The Morgan fingerprint density at radius 1 is 1.39 bits per heavy atom. The topological polar surface area (TPSA) is 48.3 Å². The van der Waals surface area contributed by atoms with Crippen LogP contribution in [0, 0.1) is 0 Å². The van der Waals surface area contributed by atoms with Crippen LogP contribution >= 0.6 is 0 Å². The SMILES string of the molecule is C=CCn1cc(C(=O)C(=O)OC)c2ccccc21. The van der Waals surface area contributed by atoms with Crippen molar-refractivity contribution in [2.45, 2.75) is 6.54 Å². The van der Waals surface area contributed by atoms with E-state index in [1.165, 1.54) is 7.11 Å². The van der Waals surface area contributed by atoms with Gasteiger partial charge in [0.25, 0.3) is 5.78 Å². The van der Waals surface area contributed by atoms with Gasteiger partial charge in [0.1, 0.15) is 0 Å². The molecule has 0 radical (unpaired) electrons. The first-order chi connectivity index (χ1) is 8.69. The number of benzene rings is 1. The molecule has 0 aliphatic heterocycles. The molecule has 1 heterocycles. The van der Waals surface area contributed by atoms with Crippen LogP contribution in [0.15, 0.2) is 43.1 Å². The minimum Gasteiger partial charge on any atom is -0.463 e. The largest absolute Gasteiger partial charge is 0.463 e. The standard InChI is InChI=1S/C14H13NO3/c1-3-8-15-9-11(13(16)14(17)18-2)10-6-4-5-7-12(10)15/h3-7,9H,1,8H2,2H3. The van der Waals surface area contributed by atoms with Crippen LogP contribution in [-0.4, -0.2) is 23.4 Å². The Morgan fingerprint density at radius 2 is 2.11 bits per heavy atom. The molecule has 0 fully saturated rings. The number of carbonyl (C=O) groups is 2. The third-order valence-corrected chi connectivity index (χ3v) is 2.73. The van der Waals surface area contributed by atoms with Crippen molar-refractivity contribution in [2.75, 3.05) is 7.11 Å². The Hall–Kier alpha value is -2.36. The van der Waals surface area contributed by atoms with E-state index in [-0.39, 0.29) is 0 Å². The van der Waals surface area contributed by atoms with Gasteiger partial charge in [-0.05, 0) is 6.07 Å². The first-order valence-electron chi connectivity index (χ1n) is 5.50. The highest BCUT2D eigenvalue weighted by Crippen LogP contribution is 2.22. The summed E-state index contributed by atoms with van der Waals surface area (Å²) in [5.41, 5.74) is 1.25. The quantitative estimate of drug-likeness (QED) is 0.358. The number of methoxy groups -OCH3 is 1.